The van der Waals surface area contributed by atoms with Gasteiger partial charge in [0.2, 0.25) is 0 Å². The van der Waals surface area contributed by atoms with Gasteiger partial charge in [0, 0.05) is 17.7 Å². The second-order valence-corrected chi connectivity index (χ2v) is 4.22. The van der Waals surface area contributed by atoms with Crippen molar-refractivity contribution in [2.24, 2.45) is 0 Å². The van der Waals surface area contributed by atoms with E-state index in [4.69, 9.17) is 0 Å². The lowest BCUT2D eigenvalue weighted by atomic mass is 10.2. The summed E-state index contributed by atoms with van der Waals surface area (Å²) in [6.45, 7) is 0. The largest absolute Gasteiger partial charge is 0.241 e. The average molecular weight is 277 g/mol. The molecule has 0 amide bonds. The maximum atomic E-state index is 4.18. The number of rotatable bonds is 4. The highest BCUT2D eigenvalue weighted by atomic mass is 79.9. The molecule has 2 nitrogen and oxygen atoms in total. The number of benzene rings is 1. The quantitative estimate of drug-likeness (QED) is 0.780. The predicted molar refractivity (Wildman–Crippen MR) is 71.0 cm³/mol. The molecule has 0 aliphatic carbocycles. The SMILES string of the molecule is BrCCC=Cc1ccc(-n2cccn2)cc1. The lowest BCUT2D eigenvalue weighted by Crippen LogP contribution is -1.93. The van der Waals surface area contributed by atoms with Crippen LogP contribution in [0.25, 0.3) is 11.8 Å². The Morgan fingerprint density at radius 2 is 2.06 bits per heavy atom. The fourth-order valence-corrected chi connectivity index (χ4v) is 1.71. The molecule has 0 saturated carbocycles. The minimum absolute atomic E-state index is 1.01. The molecule has 0 aliphatic rings. The molecule has 0 bridgehead atoms. The number of aromatic nitrogens is 2. The number of alkyl halides is 1. The van der Waals surface area contributed by atoms with Crippen LogP contribution in [0.4, 0.5) is 0 Å². The van der Waals surface area contributed by atoms with Crippen molar-refractivity contribution in [2.75, 3.05) is 5.33 Å². The summed E-state index contributed by atoms with van der Waals surface area (Å²) in [5, 5.41) is 5.19. The van der Waals surface area contributed by atoms with Gasteiger partial charge in [-0.25, -0.2) is 4.68 Å². The molecular weight excluding hydrogens is 264 g/mol. The molecule has 2 rings (SSSR count). The molecule has 0 spiro atoms. The molecule has 1 heterocycles. The maximum Gasteiger partial charge on any atom is 0.0645 e. The van der Waals surface area contributed by atoms with Gasteiger partial charge in [0.15, 0.2) is 0 Å². The molecule has 0 fully saturated rings. The number of hydrogen-bond donors (Lipinski definition) is 0. The first-order valence-electron chi connectivity index (χ1n) is 5.23. The van der Waals surface area contributed by atoms with Gasteiger partial charge in [-0.15, -0.1) is 0 Å². The van der Waals surface area contributed by atoms with E-state index in [2.05, 4.69) is 57.4 Å². The third-order valence-corrected chi connectivity index (χ3v) is 2.71. The van der Waals surface area contributed by atoms with E-state index in [1.807, 2.05) is 16.9 Å². The van der Waals surface area contributed by atoms with Crippen LogP contribution in [-0.4, -0.2) is 15.1 Å². The zero-order valence-electron chi connectivity index (χ0n) is 8.88. The van der Waals surface area contributed by atoms with Gasteiger partial charge in [-0.05, 0) is 30.2 Å². The Labute approximate surface area is 104 Å². The van der Waals surface area contributed by atoms with Crippen molar-refractivity contribution < 1.29 is 0 Å². The minimum Gasteiger partial charge on any atom is -0.241 e. The smallest absolute Gasteiger partial charge is 0.0645 e. The van der Waals surface area contributed by atoms with Crippen LogP contribution >= 0.6 is 15.9 Å². The van der Waals surface area contributed by atoms with E-state index in [1.54, 1.807) is 6.20 Å². The van der Waals surface area contributed by atoms with Crippen molar-refractivity contribution in [3.05, 3.63) is 54.4 Å². The molecule has 1 aromatic carbocycles. The second kappa shape index (κ2) is 5.66. The van der Waals surface area contributed by atoms with Crippen molar-refractivity contribution in [2.45, 2.75) is 6.42 Å². The van der Waals surface area contributed by atoms with Crippen molar-refractivity contribution in [1.29, 1.82) is 0 Å². The third kappa shape index (κ3) is 2.83. The Bertz CT molecular complexity index is 443. The summed E-state index contributed by atoms with van der Waals surface area (Å²) in [6, 6.07) is 10.3. The van der Waals surface area contributed by atoms with E-state index < -0.39 is 0 Å². The first kappa shape index (κ1) is 11.1. The summed E-state index contributed by atoms with van der Waals surface area (Å²) < 4.78 is 1.85. The molecule has 0 N–H and O–H groups in total. The van der Waals surface area contributed by atoms with E-state index >= 15 is 0 Å². The van der Waals surface area contributed by atoms with Crippen molar-refractivity contribution in [3.63, 3.8) is 0 Å². The molecular formula is C13H13BrN2. The molecule has 16 heavy (non-hydrogen) atoms. The number of halogens is 1. The van der Waals surface area contributed by atoms with Crippen molar-refractivity contribution >= 4 is 22.0 Å². The summed E-state index contributed by atoms with van der Waals surface area (Å²) in [5.41, 5.74) is 2.31. The molecule has 1 aromatic heterocycles. The molecule has 0 atom stereocenters. The molecule has 0 radical (unpaired) electrons. The van der Waals surface area contributed by atoms with Crippen LogP contribution in [0.5, 0.6) is 0 Å². The van der Waals surface area contributed by atoms with Crippen LogP contribution in [0.3, 0.4) is 0 Å². The van der Waals surface area contributed by atoms with E-state index in [9.17, 15) is 0 Å². The van der Waals surface area contributed by atoms with E-state index in [1.165, 1.54) is 5.56 Å². The summed E-state index contributed by atoms with van der Waals surface area (Å²) in [4.78, 5) is 0. The highest BCUT2D eigenvalue weighted by Gasteiger charge is 1.94. The van der Waals surface area contributed by atoms with Crippen LogP contribution in [0, 0.1) is 0 Å². The summed E-state index contributed by atoms with van der Waals surface area (Å²) in [5.74, 6) is 0. The lowest BCUT2D eigenvalue weighted by Gasteiger charge is -2.01. The molecule has 0 saturated heterocycles. The lowest BCUT2D eigenvalue weighted by molar-refractivity contribution is 0.880. The van der Waals surface area contributed by atoms with Gasteiger partial charge in [-0.1, -0.05) is 40.2 Å². The molecule has 0 aliphatic heterocycles. The zero-order chi connectivity index (χ0) is 11.2. The molecule has 82 valence electrons. The van der Waals surface area contributed by atoms with Crippen LogP contribution in [0.15, 0.2) is 48.8 Å². The Balaban J connectivity index is 2.11. The number of hydrogen-bond acceptors (Lipinski definition) is 1. The first-order chi connectivity index (χ1) is 7.90. The Kier molecular flexibility index (Phi) is 3.94. The fourth-order valence-electron chi connectivity index (χ4n) is 1.44. The summed E-state index contributed by atoms with van der Waals surface area (Å²) in [6.07, 6.45) is 9.08. The fraction of sp³-hybridized carbons (Fsp3) is 0.154. The topological polar surface area (TPSA) is 17.8 Å². The van der Waals surface area contributed by atoms with E-state index in [-0.39, 0.29) is 0 Å². The molecule has 3 heteroatoms. The Hall–Kier alpha value is -1.35. The second-order valence-electron chi connectivity index (χ2n) is 3.42. The van der Waals surface area contributed by atoms with Crippen molar-refractivity contribution in [3.8, 4) is 5.69 Å². The highest BCUT2D eigenvalue weighted by molar-refractivity contribution is 9.09. The number of allylic oxidation sites excluding steroid dienone is 1. The Morgan fingerprint density at radius 1 is 1.25 bits per heavy atom. The van der Waals surface area contributed by atoms with Gasteiger partial charge in [-0.3, -0.25) is 0 Å². The van der Waals surface area contributed by atoms with Crippen LogP contribution < -0.4 is 0 Å². The monoisotopic (exact) mass is 276 g/mol. The Morgan fingerprint density at radius 3 is 2.69 bits per heavy atom. The first-order valence-corrected chi connectivity index (χ1v) is 6.35. The third-order valence-electron chi connectivity index (χ3n) is 2.25. The van der Waals surface area contributed by atoms with E-state index in [0.29, 0.717) is 0 Å². The van der Waals surface area contributed by atoms with Gasteiger partial charge in [-0.2, -0.15) is 5.10 Å². The maximum absolute atomic E-state index is 4.18. The minimum atomic E-state index is 1.01. The van der Waals surface area contributed by atoms with Gasteiger partial charge in [0.05, 0.1) is 5.69 Å². The normalized spacial score (nSPS) is 11.1. The van der Waals surface area contributed by atoms with Crippen LogP contribution in [0.1, 0.15) is 12.0 Å². The average Bonchev–Trinajstić information content (AvgIpc) is 2.84. The molecule has 2 aromatic rings. The van der Waals surface area contributed by atoms with Gasteiger partial charge < -0.3 is 0 Å². The van der Waals surface area contributed by atoms with Gasteiger partial charge in [0.25, 0.3) is 0 Å². The summed E-state index contributed by atoms with van der Waals surface area (Å²) >= 11 is 3.40. The summed E-state index contributed by atoms with van der Waals surface area (Å²) in [7, 11) is 0. The highest BCUT2D eigenvalue weighted by Crippen LogP contribution is 2.10. The molecule has 0 unspecified atom stereocenters. The van der Waals surface area contributed by atoms with Crippen molar-refractivity contribution in [1.82, 2.24) is 9.78 Å². The van der Waals surface area contributed by atoms with Crippen LogP contribution in [-0.2, 0) is 0 Å². The zero-order valence-corrected chi connectivity index (χ0v) is 10.5. The number of nitrogens with zero attached hydrogens (tertiary/aromatic N) is 2. The van der Waals surface area contributed by atoms with Gasteiger partial charge in [0.1, 0.15) is 0 Å². The predicted octanol–water partition coefficient (Wildman–Crippen LogP) is 3.67. The van der Waals surface area contributed by atoms with Crippen LogP contribution in [0.2, 0.25) is 0 Å². The van der Waals surface area contributed by atoms with E-state index in [0.717, 1.165) is 17.4 Å². The van der Waals surface area contributed by atoms with Gasteiger partial charge >= 0.3 is 0 Å². The standard InChI is InChI=1S/C13H13BrN2/c14-9-2-1-4-12-5-7-13(8-6-12)16-11-3-10-15-16/h1,3-8,10-11H,2,9H2.